The Kier molecular flexibility index (Phi) is 8.71. The molecule has 3 aliphatic rings. The van der Waals surface area contributed by atoms with E-state index in [9.17, 15) is 0 Å². The molecule has 0 aromatic carbocycles. The number of hydrogen-bond donors (Lipinski definition) is 1. The summed E-state index contributed by atoms with van der Waals surface area (Å²) in [6.07, 6.45) is 26.6. The molecule has 2 aliphatic carbocycles. The molecule has 31 heavy (non-hydrogen) atoms. The molecule has 3 unspecified atom stereocenters. The minimum Gasteiger partial charge on any atom is -0.477 e. The van der Waals surface area contributed by atoms with E-state index in [4.69, 9.17) is 15.1 Å². The molecule has 0 aromatic rings. The summed E-state index contributed by atoms with van der Waals surface area (Å²) >= 11 is 0. The number of nitrogens with one attached hydrogen (secondary N) is 1. The van der Waals surface area contributed by atoms with E-state index < -0.39 is 0 Å². The molecule has 0 bridgehead atoms. The van der Waals surface area contributed by atoms with Crippen LogP contribution in [0.4, 0.5) is 0 Å². The molecule has 0 amide bonds. The van der Waals surface area contributed by atoms with E-state index in [0.717, 1.165) is 36.9 Å². The molecule has 3 rings (SSSR count). The first kappa shape index (κ1) is 22.6. The van der Waals surface area contributed by atoms with Gasteiger partial charge in [0.15, 0.2) is 0 Å². The van der Waals surface area contributed by atoms with E-state index in [1.165, 1.54) is 5.57 Å². The Balaban J connectivity index is 1.62. The van der Waals surface area contributed by atoms with Gasteiger partial charge in [0, 0.05) is 24.1 Å². The fourth-order valence-electron chi connectivity index (χ4n) is 3.58. The lowest BCUT2D eigenvalue weighted by atomic mass is 9.92. The summed E-state index contributed by atoms with van der Waals surface area (Å²) in [5.41, 5.74) is 3.26. The van der Waals surface area contributed by atoms with Crippen molar-refractivity contribution in [2.45, 2.75) is 39.2 Å². The number of rotatable bonds is 8. The number of allylic oxidation sites excluding steroid dienone is 10. The van der Waals surface area contributed by atoms with E-state index in [2.05, 4.69) is 66.4 Å². The molecule has 5 heteroatoms. The van der Waals surface area contributed by atoms with Gasteiger partial charge in [-0.2, -0.15) is 0 Å². The third-order valence-corrected chi connectivity index (χ3v) is 5.60. The van der Waals surface area contributed by atoms with Crippen LogP contribution in [-0.2, 0) is 4.74 Å². The van der Waals surface area contributed by atoms with Gasteiger partial charge in [0.25, 0.3) is 0 Å². The molecular weight excluding hydrogens is 384 g/mol. The van der Waals surface area contributed by atoms with Crippen LogP contribution in [0.1, 0.15) is 33.1 Å². The van der Waals surface area contributed by atoms with Crippen LogP contribution in [0.3, 0.4) is 0 Å². The number of aliphatic imine (C=N–C) groups is 3. The van der Waals surface area contributed by atoms with E-state index in [-0.39, 0.29) is 12.0 Å². The predicted octanol–water partition coefficient (Wildman–Crippen LogP) is 5.45. The van der Waals surface area contributed by atoms with Crippen LogP contribution in [-0.4, -0.2) is 43.4 Å². The highest BCUT2D eigenvalue weighted by atomic mass is 16.5. The Hall–Kier alpha value is -3.08. The van der Waals surface area contributed by atoms with Crippen molar-refractivity contribution in [1.29, 1.82) is 5.41 Å². The van der Waals surface area contributed by atoms with Crippen molar-refractivity contribution in [2.75, 3.05) is 13.2 Å². The quantitative estimate of drug-likeness (QED) is 0.415. The Morgan fingerprint density at radius 1 is 1.29 bits per heavy atom. The van der Waals surface area contributed by atoms with Gasteiger partial charge >= 0.3 is 0 Å². The maximum Gasteiger partial charge on any atom is 0.221 e. The minimum atomic E-state index is 0.0895. The van der Waals surface area contributed by atoms with E-state index in [1.54, 1.807) is 0 Å². The van der Waals surface area contributed by atoms with Gasteiger partial charge in [-0.3, -0.25) is 15.4 Å². The molecule has 0 saturated heterocycles. The molecule has 5 nitrogen and oxygen atoms in total. The Morgan fingerprint density at radius 3 is 3.00 bits per heavy atom. The molecule has 1 heterocycles. The van der Waals surface area contributed by atoms with Crippen LogP contribution in [0.15, 0.2) is 86.9 Å². The molecule has 0 spiro atoms. The zero-order chi connectivity index (χ0) is 21.9. The third-order valence-electron chi connectivity index (χ3n) is 5.60. The fourth-order valence-corrected chi connectivity index (χ4v) is 3.58. The van der Waals surface area contributed by atoms with Crippen molar-refractivity contribution in [1.82, 2.24) is 0 Å². The first-order chi connectivity index (χ1) is 15.2. The van der Waals surface area contributed by atoms with Crippen molar-refractivity contribution >= 4 is 24.2 Å². The highest BCUT2D eigenvalue weighted by Gasteiger charge is 2.19. The topological polar surface area (TPSA) is 70.2 Å². The summed E-state index contributed by atoms with van der Waals surface area (Å²) in [6, 6.07) is 0.0895. The van der Waals surface area contributed by atoms with Crippen LogP contribution in [0.2, 0.25) is 0 Å². The van der Waals surface area contributed by atoms with Crippen LogP contribution >= 0.6 is 0 Å². The Labute approximate surface area is 185 Å². The maximum absolute atomic E-state index is 7.34. The lowest BCUT2D eigenvalue weighted by Crippen LogP contribution is -2.25. The van der Waals surface area contributed by atoms with Crippen molar-refractivity contribution in [3.63, 3.8) is 0 Å². The van der Waals surface area contributed by atoms with E-state index >= 15 is 0 Å². The number of hydrogen-bond acceptors (Lipinski definition) is 4. The van der Waals surface area contributed by atoms with Crippen LogP contribution in [0.5, 0.6) is 0 Å². The van der Waals surface area contributed by atoms with Crippen LogP contribution in [0, 0.1) is 17.2 Å². The maximum atomic E-state index is 7.34. The van der Waals surface area contributed by atoms with Gasteiger partial charge in [-0.05, 0) is 30.4 Å². The van der Waals surface area contributed by atoms with Crippen molar-refractivity contribution in [2.24, 2.45) is 26.8 Å². The molecule has 0 radical (unpaired) electrons. The molecular formula is C26H32N4O. The Bertz CT molecular complexity index is 912. The van der Waals surface area contributed by atoms with Gasteiger partial charge in [0.2, 0.25) is 5.90 Å². The summed E-state index contributed by atoms with van der Waals surface area (Å²) < 4.78 is 5.94. The van der Waals surface area contributed by atoms with E-state index in [1.807, 2.05) is 24.4 Å². The second-order valence-corrected chi connectivity index (χ2v) is 7.83. The normalized spacial score (nSPS) is 24.1. The number of nitrogens with zero attached hydrogens (tertiary/aromatic N) is 3. The van der Waals surface area contributed by atoms with Crippen molar-refractivity contribution in [3.05, 3.63) is 71.9 Å². The summed E-state index contributed by atoms with van der Waals surface area (Å²) in [4.78, 5) is 13.7. The van der Waals surface area contributed by atoms with Crippen molar-refractivity contribution < 1.29 is 4.74 Å². The average Bonchev–Trinajstić information content (AvgIpc) is 3.22. The zero-order valence-electron chi connectivity index (χ0n) is 18.4. The summed E-state index contributed by atoms with van der Waals surface area (Å²) in [5.74, 6) is 1.16. The molecule has 162 valence electrons. The second-order valence-electron chi connectivity index (χ2n) is 7.83. The predicted molar refractivity (Wildman–Crippen MR) is 132 cm³/mol. The molecule has 1 aliphatic heterocycles. The van der Waals surface area contributed by atoms with Gasteiger partial charge in [-0.25, -0.2) is 4.99 Å². The zero-order valence-corrected chi connectivity index (χ0v) is 18.4. The SMILES string of the molecule is CCC(C)C1=CC(C2=NC(CCOC(=NC=N)C3=CCC=CC=C3)CN=C2)C=CC=C1. The van der Waals surface area contributed by atoms with Crippen LogP contribution in [0.25, 0.3) is 0 Å². The Morgan fingerprint density at radius 2 is 2.16 bits per heavy atom. The van der Waals surface area contributed by atoms with Gasteiger partial charge in [0.05, 0.1) is 24.9 Å². The van der Waals surface area contributed by atoms with Gasteiger partial charge < -0.3 is 4.74 Å². The largest absolute Gasteiger partial charge is 0.477 e. The average molecular weight is 417 g/mol. The first-order valence-electron chi connectivity index (χ1n) is 11.1. The van der Waals surface area contributed by atoms with Gasteiger partial charge in [-0.1, -0.05) is 68.5 Å². The molecule has 1 N–H and O–H groups in total. The molecule has 0 fully saturated rings. The molecule has 0 saturated carbocycles. The first-order valence-corrected chi connectivity index (χ1v) is 11.1. The molecule has 0 aromatic heterocycles. The fraction of sp³-hybridized carbons (Fsp3) is 0.385. The second kappa shape index (κ2) is 11.9. The van der Waals surface area contributed by atoms with Gasteiger partial charge in [0.1, 0.15) is 6.34 Å². The summed E-state index contributed by atoms with van der Waals surface area (Å²) in [5, 5.41) is 7.34. The van der Waals surface area contributed by atoms with Gasteiger partial charge in [-0.15, -0.1) is 0 Å². The van der Waals surface area contributed by atoms with Crippen molar-refractivity contribution in [3.8, 4) is 0 Å². The summed E-state index contributed by atoms with van der Waals surface area (Å²) in [6.45, 7) is 5.64. The standard InChI is InChI=1S/C26H32N4O/c1-3-20(2)22-12-8-9-13-23(16-22)25-18-28-17-24(30-25)14-15-31-26(29-19-27)21-10-6-4-5-7-11-21/h4-6,8-13,16,18-20,23-24,27H,3,7,14-15,17H2,1-2H3. The minimum absolute atomic E-state index is 0.0895. The lowest BCUT2D eigenvalue weighted by Gasteiger charge is -2.20. The number of ether oxygens (including phenoxy) is 1. The van der Waals surface area contributed by atoms with E-state index in [0.29, 0.717) is 25.0 Å². The molecule has 3 atom stereocenters. The third kappa shape index (κ3) is 6.71. The highest BCUT2D eigenvalue weighted by molar-refractivity contribution is 6.33. The smallest absolute Gasteiger partial charge is 0.221 e. The lowest BCUT2D eigenvalue weighted by molar-refractivity contribution is 0.288. The highest BCUT2D eigenvalue weighted by Crippen LogP contribution is 2.23. The summed E-state index contributed by atoms with van der Waals surface area (Å²) in [7, 11) is 0. The van der Waals surface area contributed by atoms with Crippen LogP contribution < -0.4 is 0 Å². The monoisotopic (exact) mass is 416 g/mol.